The van der Waals surface area contributed by atoms with Gasteiger partial charge < -0.3 is 0 Å². The highest BCUT2D eigenvalue weighted by molar-refractivity contribution is 6.31. The largest absolute Gasteiger partial charge is 0.282 e. The number of ketones is 1. The molecule has 0 saturated carbocycles. The topological polar surface area (TPSA) is 92.4 Å². The van der Waals surface area contributed by atoms with E-state index in [-0.39, 0.29) is 16.8 Å². The van der Waals surface area contributed by atoms with Gasteiger partial charge in [0.15, 0.2) is 18.0 Å². The van der Waals surface area contributed by atoms with Crippen LogP contribution in [0.25, 0.3) is 5.70 Å². The number of halogens is 1. The molecule has 6 heteroatoms. The molecule has 0 aliphatic carbocycles. The molecule has 0 saturated heterocycles. The van der Waals surface area contributed by atoms with Crippen molar-refractivity contribution in [3.8, 4) is 12.1 Å². The Balaban J connectivity index is 2.79. The first-order chi connectivity index (χ1) is 12.0. The van der Waals surface area contributed by atoms with E-state index < -0.39 is 5.78 Å². The molecule has 0 spiro atoms. The maximum absolute atomic E-state index is 13.0. The van der Waals surface area contributed by atoms with Crippen LogP contribution in [0.4, 0.5) is 0 Å². The van der Waals surface area contributed by atoms with Crippen LogP contribution in [0.2, 0.25) is 5.02 Å². The average molecular weight is 348 g/mol. The van der Waals surface area contributed by atoms with Gasteiger partial charge in [-0.3, -0.25) is 10.2 Å². The average Bonchev–Trinajstić information content (AvgIpc) is 2.62. The maximum atomic E-state index is 13.0. The molecular weight excluding hydrogens is 336 g/mol. The second-order valence-corrected chi connectivity index (χ2v) is 5.51. The molecule has 1 N–H and O–H groups in total. The van der Waals surface area contributed by atoms with Crippen molar-refractivity contribution in [2.75, 3.05) is 0 Å². The first-order valence-electron chi connectivity index (χ1n) is 7.15. The van der Waals surface area contributed by atoms with Crippen LogP contribution >= 0.6 is 11.6 Å². The second kappa shape index (κ2) is 7.86. The predicted molar refractivity (Wildman–Crippen MR) is 92.8 cm³/mol. The molecule has 0 atom stereocenters. The number of rotatable bonds is 4. The highest BCUT2D eigenvalue weighted by Gasteiger charge is 2.29. The molecule has 0 unspecified atom stereocenters. The number of Topliss-reactive ketones (excluding diaryl/α,β-unsaturated/α-hetero) is 1. The molecule has 0 aliphatic rings. The fourth-order valence-electron chi connectivity index (χ4n) is 2.20. The summed E-state index contributed by atoms with van der Waals surface area (Å²) in [5.41, 5.74) is 0.619. The number of benzene rings is 1. The van der Waals surface area contributed by atoms with Gasteiger partial charge in [-0.2, -0.15) is 15.1 Å². The minimum absolute atomic E-state index is 0.0233. The molecule has 0 radical (unpaired) electrons. The van der Waals surface area contributed by atoms with E-state index in [4.69, 9.17) is 17.0 Å². The van der Waals surface area contributed by atoms with Gasteiger partial charge in [0.05, 0.1) is 0 Å². The zero-order valence-electron chi connectivity index (χ0n) is 13.2. The zero-order valence-corrected chi connectivity index (χ0v) is 14.0. The molecule has 0 aliphatic heterocycles. The lowest BCUT2D eigenvalue weighted by Crippen LogP contribution is -2.37. The smallest absolute Gasteiger partial charge is 0.279 e. The summed E-state index contributed by atoms with van der Waals surface area (Å²) < 4.78 is 1.47. The van der Waals surface area contributed by atoms with Crippen molar-refractivity contribution in [3.05, 3.63) is 76.1 Å². The van der Waals surface area contributed by atoms with Crippen molar-refractivity contribution >= 4 is 29.0 Å². The third kappa shape index (κ3) is 3.88. The number of allylic oxidation sites excluding steroid dienone is 3. The van der Waals surface area contributed by atoms with Gasteiger partial charge in [0.25, 0.3) is 11.5 Å². The van der Waals surface area contributed by atoms with E-state index in [1.807, 2.05) is 24.9 Å². The van der Waals surface area contributed by atoms with Gasteiger partial charge in [-0.05, 0) is 43.1 Å². The van der Waals surface area contributed by atoms with E-state index in [1.54, 1.807) is 36.7 Å². The van der Waals surface area contributed by atoms with E-state index in [9.17, 15) is 15.3 Å². The Labute approximate surface area is 149 Å². The number of carbonyl (C=O) groups is 1. The Morgan fingerprint density at radius 3 is 2.36 bits per heavy atom. The van der Waals surface area contributed by atoms with Gasteiger partial charge in [-0.15, -0.1) is 0 Å². The van der Waals surface area contributed by atoms with Gasteiger partial charge >= 0.3 is 0 Å². The Morgan fingerprint density at radius 1 is 1.16 bits per heavy atom. The summed E-state index contributed by atoms with van der Waals surface area (Å²) in [4.78, 5) is 13.0. The summed E-state index contributed by atoms with van der Waals surface area (Å²) in [6.45, 7) is 1.84. The van der Waals surface area contributed by atoms with Crippen molar-refractivity contribution in [2.45, 2.75) is 6.92 Å². The number of nitrogens with one attached hydrogen (secondary N) is 1. The maximum Gasteiger partial charge on any atom is 0.279 e. The SMILES string of the molecule is Cc1ccc[n+](/C(C(=O)c2ccc(Cl)cc2)=C(/C#N)C(=C=N)C#N)c1. The monoisotopic (exact) mass is 347 g/mol. The summed E-state index contributed by atoms with van der Waals surface area (Å²) >= 11 is 5.86. The van der Waals surface area contributed by atoms with Gasteiger partial charge in [-0.25, -0.2) is 0 Å². The minimum Gasteiger partial charge on any atom is -0.282 e. The number of nitriles is 2. The molecule has 25 heavy (non-hydrogen) atoms. The normalized spacial score (nSPS) is 10.7. The Bertz CT molecular complexity index is 1000. The van der Waals surface area contributed by atoms with Gasteiger partial charge in [-0.1, -0.05) is 11.6 Å². The van der Waals surface area contributed by atoms with Crippen molar-refractivity contribution in [1.29, 1.82) is 15.9 Å². The lowest BCUT2D eigenvalue weighted by atomic mass is 10.00. The molecule has 1 aromatic carbocycles. The minimum atomic E-state index is -0.466. The number of aryl methyl sites for hydroxylation is 1. The number of aromatic nitrogens is 1. The van der Waals surface area contributed by atoms with Crippen molar-refractivity contribution in [2.24, 2.45) is 0 Å². The van der Waals surface area contributed by atoms with Crippen LogP contribution < -0.4 is 4.57 Å². The van der Waals surface area contributed by atoms with Crippen molar-refractivity contribution < 1.29 is 9.36 Å². The molecule has 0 amide bonds. The van der Waals surface area contributed by atoms with Crippen LogP contribution in [0.1, 0.15) is 15.9 Å². The van der Waals surface area contributed by atoms with E-state index in [2.05, 4.69) is 0 Å². The van der Waals surface area contributed by atoms with Crippen LogP contribution in [0, 0.1) is 35.0 Å². The van der Waals surface area contributed by atoms with Crippen LogP contribution in [-0.4, -0.2) is 11.7 Å². The van der Waals surface area contributed by atoms with Crippen LogP contribution in [0.5, 0.6) is 0 Å². The fraction of sp³-hybridized carbons (Fsp3) is 0.0526. The molecule has 0 fully saturated rings. The van der Waals surface area contributed by atoms with E-state index in [1.165, 1.54) is 16.7 Å². The lowest BCUT2D eigenvalue weighted by Gasteiger charge is -2.05. The Morgan fingerprint density at radius 2 is 1.84 bits per heavy atom. The summed E-state index contributed by atoms with van der Waals surface area (Å²) in [5, 5.41) is 26.4. The first kappa shape index (κ1) is 17.8. The Kier molecular flexibility index (Phi) is 5.61. The molecule has 1 aromatic heterocycles. The number of nitrogens with zero attached hydrogens (tertiary/aromatic N) is 3. The molecule has 0 bridgehead atoms. The zero-order chi connectivity index (χ0) is 18.4. The molecule has 5 nitrogen and oxygen atoms in total. The highest BCUT2D eigenvalue weighted by atomic mass is 35.5. The number of hydrogen-bond acceptors (Lipinski definition) is 4. The van der Waals surface area contributed by atoms with Gasteiger partial charge in [0.1, 0.15) is 17.7 Å². The van der Waals surface area contributed by atoms with Crippen molar-refractivity contribution in [3.63, 3.8) is 0 Å². The van der Waals surface area contributed by atoms with Crippen LogP contribution in [-0.2, 0) is 0 Å². The standard InChI is InChI=1S/C19H12ClN4O/c1-13-3-2-8-24(12-13)18(17(11-23)15(9-21)10-22)19(25)14-4-6-16(20)7-5-14/h2-8,12,21H,1H3/q+1/b18-17-. The first-order valence-corrected chi connectivity index (χ1v) is 7.52. The van der Waals surface area contributed by atoms with Crippen LogP contribution in [0.15, 0.2) is 59.9 Å². The van der Waals surface area contributed by atoms with E-state index in [0.717, 1.165) is 5.56 Å². The summed E-state index contributed by atoms with van der Waals surface area (Å²) in [5.74, 6) is 1.46. The van der Waals surface area contributed by atoms with Crippen molar-refractivity contribution in [1.82, 2.24) is 0 Å². The number of hydrogen-bond donors (Lipinski definition) is 1. The summed E-state index contributed by atoms with van der Waals surface area (Å²) in [6, 6.07) is 13.4. The van der Waals surface area contributed by atoms with Crippen LogP contribution in [0.3, 0.4) is 0 Å². The molecular formula is C19H12ClN4O+. The quantitative estimate of drug-likeness (QED) is 0.230. The highest BCUT2D eigenvalue weighted by Crippen LogP contribution is 2.19. The predicted octanol–water partition coefficient (Wildman–Crippen LogP) is 3.25. The Hall–Kier alpha value is -3.50. The molecule has 2 rings (SSSR count). The van der Waals surface area contributed by atoms with E-state index in [0.29, 0.717) is 10.6 Å². The fourth-order valence-corrected chi connectivity index (χ4v) is 2.33. The molecule has 2 aromatic rings. The number of pyridine rings is 1. The second-order valence-electron chi connectivity index (χ2n) is 5.07. The van der Waals surface area contributed by atoms with Gasteiger partial charge in [0, 0.05) is 22.2 Å². The van der Waals surface area contributed by atoms with Gasteiger partial charge in [0.2, 0.25) is 0 Å². The third-order valence-corrected chi connectivity index (χ3v) is 3.62. The summed E-state index contributed by atoms with van der Waals surface area (Å²) in [6.07, 6.45) is 3.27. The molecule has 1 heterocycles. The summed E-state index contributed by atoms with van der Waals surface area (Å²) in [7, 11) is 0. The third-order valence-electron chi connectivity index (χ3n) is 3.36. The lowest BCUT2D eigenvalue weighted by molar-refractivity contribution is -0.577. The number of carbonyl (C=O) groups excluding carboxylic acids is 1. The van der Waals surface area contributed by atoms with E-state index >= 15 is 0 Å². The molecule has 120 valence electrons.